The molecule has 0 aromatic carbocycles. The molecule has 1 saturated heterocycles. The third-order valence-corrected chi connectivity index (χ3v) is 1.57. The molecule has 1 rings (SSSR count). The Morgan fingerprint density at radius 2 is 2.09 bits per heavy atom. The minimum atomic E-state index is -4.76. The van der Waals surface area contributed by atoms with E-state index in [9.17, 15) is 12.9 Å². The molecule has 1 heterocycles. The zero-order chi connectivity index (χ0) is 8.32. The molecule has 1 nitrogen and oxygen atoms in total. The van der Waals surface area contributed by atoms with Gasteiger partial charge in [0.15, 0.2) is 0 Å². The minimum Gasteiger partial charge on any atom is -0.445 e. The van der Waals surface area contributed by atoms with Gasteiger partial charge in [-0.1, -0.05) is 0 Å². The maximum absolute atomic E-state index is 11.6. The van der Waals surface area contributed by atoms with E-state index < -0.39 is 6.98 Å². The Morgan fingerprint density at radius 3 is 2.55 bits per heavy atom. The number of hydrogen-bond donors (Lipinski definition) is 0. The van der Waals surface area contributed by atoms with Crippen LogP contribution in [0.1, 0.15) is 6.42 Å². The Kier molecular flexibility index (Phi) is 2.60. The van der Waals surface area contributed by atoms with Gasteiger partial charge in [-0.05, 0) is 12.3 Å². The van der Waals surface area contributed by atoms with Gasteiger partial charge in [-0.3, -0.25) is 0 Å². The summed E-state index contributed by atoms with van der Waals surface area (Å²) in [5.41, 5.74) is 0. The summed E-state index contributed by atoms with van der Waals surface area (Å²) in [5, 5.41) is 0. The zero-order valence-electron chi connectivity index (χ0n) is 5.97. The molecule has 0 radical (unpaired) electrons. The monoisotopic (exact) mass is 165 g/mol. The molecule has 0 aromatic rings. The number of rotatable bonds is 2. The fraction of sp³-hybridized carbons (Fsp3) is 0.667. The van der Waals surface area contributed by atoms with Crippen molar-refractivity contribution in [2.75, 3.05) is 13.2 Å². The van der Waals surface area contributed by atoms with Gasteiger partial charge in [0.05, 0.1) is 6.61 Å². The van der Waals surface area contributed by atoms with E-state index in [1.54, 1.807) is 0 Å². The molecule has 1 aliphatic rings. The Labute approximate surface area is 63.3 Å². The van der Waals surface area contributed by atoms with Crippen molar-refractivity contribution in [3.05, 3.63) is 12.1 Å². The molecule has 11 heavy (non-hydrogen) atoms. The van der Waals surface area contributed by atoms with Gasteiger partial charge in [-0.15, -0.1) is 12.1 Å². The zero-order valence-corrected chi connectivity index (χ0v) is 5.97. The van der Waals surface area contributed by atoms with E-state index in [-0.39, 0.29) is 5.92 Å². The highest BCUT2D eigenvalue weighted by molar-refractivity contribution is 6.64. The normalized spacial score (nSPS) is 26.6. The van der Waals surface area contributed by atoms with Crippen molar-refractivity contribution < 1.29 is 17.7 Å². The highest BCUT2D eigenvalue weighted by Crippen LogP contribution is 2.17. The van der Waals surface area contributed by atoms with Gasteiger partial charge in [0, 0.05) is 6.61 Å². The first-order valence-electron chi connectivity index (χ1n) is 3.55. The van der Waals surface area contributed by atoms with Crippen LogP contribution in [0.3, 0.4) is 0 Å². The first kappa shape index (κ1) is 8.65. The van der Waals surface area contributed by atoms with Crippen LogP contribution >= 0.6 is 0 Å². The molecule has 0 spiro atoms. The van der Waals surface area contributed by atoms with E-state index in [4.69, 9.17) is 4.74 Å². The summed E-state index contributed by atoms with van der Waals surface area (Å²) >= 11 is 0. The predicted octanol–water partition coefficient (Wildman–Crippen LogP) is 1.97. The first-order chi connectivity index (χ1) is 5.08. The Bertz CT molecular complexity index is 148. The summed E-state index contributed by atoms with van der Waals surface area (Å²) in [6.07, 6.45) is 1.91. The number of halogens is 3. The van der Waals surface area contributed by atoms with Crippen LogP contribution < -0.4 is 0 Å². The standard InChI is InChI=1S/C6H9BF3O/c8-7(9,10)3-1-6-2-4-11-5-6/h1,3,6H,2,4-5H2/q-1/b3-1+. The van der Waals surface area contributed by atoms with Crippen LogP contribution in [0.25, 0.3) is 0 Å². The van der Waals surface area contributed by atoms with Gasteiger partial charge >= 0.3 is 6.98 Å². The number of hydrogen-bond acceptors (Lipinski definition) is 1. The molecule has 0 saturated carbocycles. The molecule has 1 unspecified atom stereocenters. The average Bonchev–Trinajstić information content (AvgIpc) is 2.32. The lowest BCUT2D eigenvalue weighted by Gasteiger charge is -2.07. The van der Waals surface area contributed by atoms with Gasteiger partial charge in [-0.25, -0.2) is 0 Å². The van der Waals surface area contributed by atoms with Gasteiger partial charge < -0.3 is 17.7 Å². The molecule has 0 N–H and O–H groups in total. The second kappa shape index (κ2) is 3.30. The summed E-state index contributed by atoms with van der Waals surface area (Å²) < 4.78 is 39.8. The van der Waals surface area contributed by atoms with Crippen molar-refractivity contribution in [3.8, 4) is 0 Å². The van der Waals surface area contributed by atoms with Crippen molar-refractivity contribution in [1.29, 1.82) is 0 Å². The third kappa shape index (κ3) is 3.46. The smallest absolute Gasteiger partial charge is 0.445 e. The van der Waals surface area contributed by atoms with Crippen LogP contribution in [0.4, 0.5) is 12.9 Å². The summed E-state index contributed by atoms with van der Waals surface area (Å²) in [4.78, 5) is 0. The van der Waals surface area contributed by atoms with Crippen LogP contribution in [0.15, 0.2) is 12.1 Å². The Morgan fingerprint density at radius 1 is 1.36 bits per heavy atom. The topological polar surface area (TPSA) is 9.23 Å². The summed E-state index contributed by atoms with van der Waals surface area (Å²) in [7, 11) is 0. The highest BCUT2D eigenvalue weighted by Gasteiger charge is 2.19. The maximum atomic E-state index is 11.6. The van der Waals surface area contributed by atoms with Crippen molar-refractivity contribution in [2.24, 2.45) is 5.92 Å². The largest absolute Gasteiger partial charge is 0.502 e. The molecular weight excluding hydrogens is 156 g/mol. The van der Waals surface area contributed by atoms with Gasteiger partial charge in [0.2, 0.25) is 0 Å². The van der Waals surface area contributed by atoms with Gasteiger partial charge in [0.25, 0.3) is 0 Å². The molecule has 1 aliphatic heterocycles. The molecule has 64 valence electrons. The van der Waals surface area contributed by atoms with Gasteiger partial charge in [-0.2, -0.15) is 0 Å². The summed E-state index contributed by atoms with van der Waals surface area (Å²) in [6.45, 7) is -3.74. The van der Waals surface area contributed by atoms with E-state index in [1.807, 2.05) is 0 Å². The predicted molar refractivity (Wildman–Crippen MR) is 37.1 cm³/mol. The average molecular weight is 165 g/mol. The summed E-state index contributed by atoms with van der Waals surface area (Å²) in [6, 6.07) is 0. The molecule has 5 heteroatoms. The molecule has 0 amide bonds. The second-order valence-electron chi connectivity index (χ2n) is 2.63. The maximum Gasteiger partial charge on any atom is 0.502 e. The van der Waals surface area contributed by atoms with Crippen LogP contribution in [-0.2, 0) is 4.74 Å². The lowest BCUT2D eigenvalue weighted by molar-refractivity contribution is 0.191. The van der Waals surface area contributed by atoms with Crippen LogP contribution in [-0.4, -0.2) is 20.2 Å². The Balaban J connectivity index is 2.34. The van der Waals surface area contributed by atoms with Crippen molar-refractivity contribution in [1.82, 2.24) is 0 Å². The molecule has 0 bridgehead atoms. The Hall–Kier alpha value is -0.445. The van der Waals surface area contributed by atoms with E-state index in [1.165, 1.54) is 6.08 Å². The van der Waals surface area contributed by atoms with Crippen LogP contribution in [0.2, 0.25) is 0 Å². The number of ether oxygens (including phenoxy) is 1. The second-order valence-corrected chi connectivity index (χ2v) is 2.63. The van der Waals surface area contributed by atoms with Crippen molar-refractivity contribution >= 4 is 6.98 Å². The third-order valence-electron chi connectivity index (χ3n) is 1.57. The first-order valence-corrected chi connectivity index (χ1v) is 3.55. The molecule has 0 aliphatic carbocycles. The van der Waals surface area contributed by atoms with Crippen molar-refractivity contribution in [2.45, 2.75) is 6.42 Å². The molecule has 1 fully saturated rings. The molecule has 0 aromatic heterocycles. The minimum absolute atomic E-state index is 0.0292. The van der Waals surface area contributed by atoms with Crippen molar-refractivity contribution in [3.63, 3.8) is 0 Å². The van der Waals surface area contributed by atoms with E-state index in [0.29, 0.717) is 25.6 Å². The fourth-order valence-electron chi connectivity index (χ4n) is 0.988. The van der Waals surface area contributed by atoms with Crippen LogP contribution in [0, 0.1) is 5.92 Å². The molecular formula is C6H9BF3O-. The quantitative estimate of drug-likeness (QED) is 0.568. The molecule has 1 atom stereocenters. The summed E-state index contributed by atoms with van der Waals surface area (Å²) in [5.74, 6) is 0.317. The highest BCUT2D eigenvalue weighted by atomic mass is 19.4. The SMILES string of the molecule is F[B-](F)(F)/C=C/C1CCOC1. The lowest BCUT2D eigenvalue weighted by Crippen LogP contribution is -2.11. The van der Waals surface area contributed by atoms with Gasteiger partial charge in [0.1, 0.15) is 0 Å². The lowest BCUT2D eigenvalue weighted by atomic mass is 9.89. The van der Waals surface area contributed by atoms with E-state index >= 15 is 0 Å². The van der Waals surface area contributed by atoms with E-state index in [2.05, 4.69) is 0 Å². The van der Waals surface area contributed by atoms with E-state index in [0.717, 1.165) is 0 Å². The van der Waals surface area contributed by atoms with Crippen LogP contribution in [0.5, 0.6) is 0 Å². The fourth-order valence-corrected chi connectivity index (χ4v) is 0.988.